The third kappa shape index (κ3) is 3.05. The Labute approximate surface area is 216 Å². The molecule has 0 fully saturated rings. The zero-order chi connectivity index (χ0) is 23.6. The number of hydrogen-bond acceptors (Lipinski definition) is 2. The molecule has 0 bridgehead atoms. The van der Waals surface area contributed by atoms with E-state index in [-0.39, 0.29) is 0 Å². The second-order valence-electron chi connectivity index (χ2n) is 9.36. The molecule has 0 unspecified atom stereocenters. The van der Waals surface area contributed by atoms with Gasteiger partial charge in [0.15, 0.2) is 0 Å². The SMILES string of the molecule is c1ccc2sc(-c3cccc4cc5ccc6c(-c7cc8ccccc8s7)cccc6c5cc34)cc2c1. The largest absolute Gasteiger partial charge is 0.135 e. The first kappa shape index (κ1) is 20.2. The molecule has 0 saturated heterocycles. The van der Waals surface area contributed by atoms with E-state index in [1.54, 1.807) is 0 Å². The van der Waals surface area contributed by atoms with Crippen LogP contribution in [0, 0.1) is 0 Å². The zero-order valence-electron chi connectivity index (χ0n) is 19.4. The van der Waals surface area contributed by atoms with Crippen LogP contribution in [0.1, 0.15) is 0 Å². The lowest BCUT2D eigenvalue weighted by atomic mass is 9.93. The van der Waals surface area contributed by atoms with Gasteiger partial charge in [0, 0.05) is 19.2 Å². The normalized spacial score (nSPS) is 11.9. The molecule has 0 nitrogen and oxygen atoms in total. The fraction of sp³-hybridized carbons (Fsp3) is 0. The standard InChI is InChI=1S/C34H20S2/c1-3-13-31-23(7-1)18-33(35-31)27-12-6-10-25-26(27)16-15-22-17-21-9-5-11-28(30(21)20-29(22)25)34-19-24-8-2-4-14-32(24)36-34/h1-20H. The second-order valence-corrected chi connectivity index (χ2v) is 11.5. The molecule has 2 aromatic heterocycles. The smallest absolute Gasteiger partial charge is 0.0361 e. The van der Waals surface area contributed by atoms with E-state index in [1.165, 1.54) is 73.4 Å². The Bertz CT molecular complexity index is 2040. The van der Waals surface area contributed by atoms with Gasteiger partial charge in [-0.05, 0) is 90.6 Å². The Morgan fingerprint density at radius 1 is 0.333 bits per heavy atom. The summed E-state index contributed by atoms with van der Waals surface area (Å²) in [5, 5.41) is 10.5. The van der Waals surface area contributed by atoms with Gasteiger partial charge >= 0.3 is 0 Å². The average Bonchev–Trinajstić information content (AvgIpc) is 3.55. The van der Waals surface area contributed by atoms with Gasteiger partial charge in [0.05, 0.1) is 0 Å². The molecule has 8 rings (SSSR count). The van der Waals surface area contributed by atoms with E-state index < -0.39 is 0 Å². The molecule has 2 heterocycles. The zero-order valence-corrected chi connectivity index (χ0v) is 21.0. The molecule has 0 atom stereocenters. The lowest BCUT2D eigenvalue weighted by Gasteiger charge is -2.11. The van der Waals surface area contributed by atoms with Crippen LogP contribution < -0.4 is 0 Å². The van der Waals surface area contributed by atoms with E-state index >= 15 is 0 Å². The predicted octanol–water partition coefficient (Wildman–Crippen LogP) is 10.9. The first-order valence-electron chi connectivity index (χ1n) is 12.2. The van der Waals surface area contributed by atoms with Gasteiger partial charge in [-0.2, -0.15) is 0 Å². The summed E-state index contributed by atoms with van der Waals surface area (Å²) >= 11 is 3.75. The summed E-state index contributed by atoms with van der Waals surface area (Å²) in [6.07, 6.45) is 0. The van der Waals surface area contributed by atoms with Crippen LogP contribution in [0.15, 0.2) is 121 Å². The number of benzene rings is 6. The van der Waals surface area contributed by atoms with Crippen molar-refractivity contribution in [2.75, 3.05) is 0 Å². The van der Waals surface area contributed by atoms with Gasteiger partial charge in [-0.3, -0.25) is 0 Å². The number of rotatable bonds is 2. The third-order valence-electron chi connectivity index (χ3n) is 7.26. The monoisotopic (exact) mass is 492 g/mol. The molecule has 0 radical (unpaired) electrons. The topological polar surface area (TPSA) is 0 Å². The molecule has 168 valence electrons. The number of hydrogen-bond donors (Lipinski definition) is 0. The molecule has 0 aliphatic carbocycles. The molecular weight excluding hydrogens is 473 g/mol. The van der Waals surface area contributed by atoms with Crippen molar-refractivity contribution >= 4 is 75.2 Å². The van der Waals surface area contributed by atoms with Gasteiger partial charge in [-0.1, -0.05) is 84.9 Å². The van der Waals surface area contributed by atoms with Gasteiger partial charge in [0.25, 0.3) is 0 Å². The van der Waals surface area contributed by atoms with Crippen molar-refractivity contribution in [3.05, 3.63) is 121 Å². The quantitative estimate of drug-likeness (QED) is 0.166. The van der Waals surface area contributed by atoms with Crippen LogP contribution in [-0.2, 0) is 0 Å². The summed E-state index contributed by atoms with van der Waals surface area (Å²) in [4.78, 5) is 2.65. The fourth-order valence-corrected chi connectivity index (χ4v) is 7.73. The lowest BCUT2D eigenvalue weighted by Crippen LogP contribution is -1.84. The molecule has 2 heteroatoms. The van der Waals surface area contributed by atoms with E-state index in [2.05, 4.69) is 121 Å². The highest BCUT2D eigenvalue weighted by Gasteiger charge is 2.13. The van der Waals surface area contributed by atoms with Crippen LogP contribution >= 0.6 is 22.7 Å². The van der Waals surface area contributed by atoms with Crippen molar-refractivity contribution < 1.29 is 0 Å². The molecule has 0 aliphatic heterocycles. The molecule has 8 aromatic rings. The van der Waals surface area contributed by atoms with Crippen molar-refractivity contribution in [3.63, 3.8) is 0 Å². The predicted molar refractivity (Wildman–Crippen MR) is 161 cm³/mol. The van der Waals surface area contributed by atoms with Crippen LogP contribution in [0.5, 0.6) is 0 Å². The minimum atomic E-state index is 1.29. The molecule has 0 aliphatic rings. The Balaban J connectivity index is 1.39. The summed E-state index contributed by atoms with van der Waals surface area (Å²) in [7, 11) is 0. The maximum absolute atomic E-state index is 2.42. The van der Waals surface area contributed by atoms with Crippen LogP contribution in [0.2, 0.25) is 0 Å². The van der Waals surface area contributed by atoms with Gasteiger partial charge in [0.2, 0.25) is 0 Å². The van der Waals surface area contributed by atoms with Crippen LogP contribution in [-0.4, -0.2) is 0 Å². The van der Waals surface area contributed by atoms with Gasteiger partial charge < -0.3 is 0 Å². The van der Waals surface area contributed by atoms with Crippen molar-refractivity contribution in [3.8, 4) is 20.9 Å². The highest BCUT2D eigenvalue weighted by Crippen LogP contribution is 2.42. The second kappa shape index (κ2) is 7.76. The molecule has 6 aromatic carbocycles. The van der Waals surface area contributed by atoms with E-state index in [1.807, 2.05) is 22.7 Å². The fourth-order valence-electron chi connectivity index (χ4n) is 5.53. The molecular formula is C34H20S2. The summed E-state index contributed by atoms with van der Waals surface area (Å²) in [5.74, 6) is 0. The van der Waals surface area contributed by atoms with Crippen LogP contribution in [0.25, 0.3) is 73.4 Å². The highest BCUT2D eigenvalue weighted by atomic mass is 32.1. The maximum atomic E-state index is 2.42. The van der Waals surface area contributed by atoms with Gasteiger partial charge in [-0.25, -0.2) is 0 Å². The van der Waals surface area contributed by atoms with E-state index in [9.17, 15) is 0 Å². The maximum Gasteiger partial charge on any atom is 0.0361 e. The van der Waals surface area contributed by atoms with E-state index in [0.717, 1.165) is 0 Å². The van der Waals surface area contributed by atoms with Crippen molar-refractivity contribution in [2.45, 2.75) is 0 Å². The number of fused-ring (bicyclic) bond motifs is 6. The summed E-state index contributed by atoms with van der Waals surface area (Å²) in [6, 6.07) is 44.8. The lowest BCUT2D eigenvalue weighted by molar-refractivity contribution is 1.75. The molecule has 0 saturated carbocycles. The van der Waals surface area contributed by atoms with Crippen LogP contribution in [0.3, 0.4) is 0 Å². The average molecular weight is 493 g/mol. The van der Waals surface area contributed by atoms with E-state index in [4.69, 9.17) is 0 Å². The number of thiophene rings is 2. The van der Waals surface area contributed by atoms with Crippen molar-refractivity contribution in [1.29, 1.82) is 0 Å². The van der Waals surface area contributed by atoms with Gasteiger partial charge in [0.1, 0.15) is 0 Å². The first-order chi connectivity index (χ1) is 17.8. The molecule has 36 heavy (non-hydrogen) atoms. The Hall–Kier alpha value is -3.98. The highest BCUT2D eigenvalue weighted by molar-refractivity contribution is 7.22. The minimum absolute atomic E-state index is 1.29. The summed E-state index contributed by atoms with van der Waals surface area (Å²) in [5.41, 5.74) is 2.63. The first-order valence-corrected chi connectivity index (χ1v) is 13.8. The Morgan fingerprint density at radius 3 is 1.61 bits per heavy atom. The third-order valence-corrected chi connectivity index (χ3v) is 9.56. The molecule has 0 amide bonds. The summed E-state index contributed by atoms with van der Waals surface area (Å²) < 4.78 is 2.67. The van der Waals surface area contributed by atoms with Gasteiger partial charge in [-0.15, -0.1) is 22.7 Å². The Kier molecular flexibility index (Phi) is 4.36. The van der Waals surface area contributed by atoms with E-state index in [0.29, 0.717) is 0 Å². The molecule has 0 spiro atoms. The van der Waals surface area contributed by atoms with Crippen molar-refractivity contribution in [2.24, 2.45) is 0 Å². The van der Waals surface area contributed by atoms with Crippen molar-refractivity contribution in [1.82, 2.24) is 0 Å². The van der Waals surface area contributed by atoms with Crippen LogP contribution in [0.4, 0.5) is 0 Å². The Morgan fingerprint density at radius 2 is 0.917 bits per heavy atom. The minimum Gasteiger partial charge on any atom is -0.135 e. The molecule has 0 N–H and O–H groups in total. The summed E-state index contributed by atoms with van der Waals surface area (Å²) in [6.45, 7) is 0.